The van der Waals surface area contributed by atoms with Crippen molar-refractivity contribution in [3.05, 3.63) is 75.5 Å². The van der Waals surface area contributed by atoms with Gasteiger partial charge < -0.3 is 0 Å². The van der Waals surface area contributed by atoms with E-state index in [9.17, 15) is 4.79 Å². The summed E-state index contributed by atoms with van der Waals surface area (Å²) in [6, 6.07) is 10.5. The van der Waals surface area contributed by atoms with Crippen LogP contribution >= 0.6 is 0 Å². The van der Waals surface area contributed by atoms with Gasteiger partial charge in [0.05, 0.1) is 0 Å². The molecule has 0 amide bonds. The van der Waals surface area contributed by atoms with E-state index < -0.39 is 0 Å². The molecule has 2 aliphatic rings. The number of carbonyl (C=O) groups is 1. The first-order chi connectivity index (χ1) is 11.2. The number of para-hydroxylation sites is 1. The van der Waals surface area contributed by atoms with Crippen LogP contribution in [0, 0.1) is 0 Å². The summed E-state index contributed by atoms with van der Waals surface area (Å²) in [5.41, 5.74) is 1.82. The summed E-state index contributed by atoms with van der Waals surface area (Å²) in [4.78, 5) is 18.3. The van der Waals surface area contributed by atoms with Gasteiger partial charge in [0.25, 0.3) is 0 Å². The normalized spacial score (nSPS) is 18.1. The van der Waals surface area contributed by atoms with Gasteiger partial charge in [-0.2, -0.15) is 0 Å². The van der Waals surface area contributed by atoms with E-state index in [1.807, 2.05) is 12.1 Å². The third-order valence-corrected chi connectivity index (χ3v) is 6.43. The zero-order valence-electron chi connectivity index (χ0n) is 12.6. The Kier molecular flexibility index (Phi) is 3.49. The van der Waals surface area contributed by atoms with Crippen LogP contribution in [0.3, 0.4) is 0 Å². The van der Waals surface area contributed by atoms with Crippen LogP contribution in [-0.4, -0.2) is 32.8 Å². The summed E-state index contributed by atoms with van der Waals surface area (Å²) >= 11 is 0.314. The molecule has 0 N–H and O–H groups in total. The molecule has 3 nitrogen and oxygen atoms in total. The molecule has 0 saturated carbocycles. The van der Waals surface area contributed by atoms with E-state index in [2.05, 4.69) is 53.3 Å². The molecule has 0 bridgehead atoms. The minimum atomic E-state index is -0.0278. The molecule has 4 heteroatoms. The van der Waals surface area contributed by atoms with Gasteiger partial charge in [-0.1, -0.05) is 0 Å². The Hall–Kier alpha value is -2.42. The van der Waals surface area contributed by atoms with Crippen LogP contribution in [-0.2, 0) is 0 Å². The van der Waals surface area contributed by atoms with Crippen molar-refractivity contribution >= 4 is 43.0 Å². The van der Waals surface area contributed by atoms with Gasteiger partial charge in [-0.05, 0) is 0 Å². The predicted octanol–water partition coefficient (Wildman–Crippen LogP) is 0.716. The summed E-state index contributed by atoms with van der Waals surface area (Å²) in [5, 5.41) is 1.93. The summed E-state index contributed by atoms with van der Waals surface area (Å²) in [6.07, 6.45) is 11.2. The van der Waals surface area contributed by atoms with Crippen molar-refractivity contribution in [2.75, 3.05) is 11.9 Å². The Balaban J connectivity index is 1.79. The van der Waals surface area contributed by atoms with Crippen LogP contribution < -0.4 is 19.8 Å². The molecule has 0 fully saturated rings. The van der Waals surface area contributed by atoms with Crippen LogP contribution in [0.2, 0.25) is 0 Å². The molecule has 2 heterocycles. The second kappa shape index (κ2) is 5.65. The van der Waals surface area contributed by atoms with Crippen LogP contribution in [0.5, 0.6) is 0 Å². The fourth-order valence-electron chi connectivity index (χ4n) is 2.74. The first kappa shape index (κ1) is 14.2. The Morgan fingerprint density at radius 3 is 2.91 bits per heavy atom. The van der Waals surface area contributed by atoms with E-state index in [1.165, 1.54) is 14.7 Å². The van der Waals surface area contributed by atoms with Gasteiger partial charge in [-0.3, -0.25) is 0 Å². The third kappa shape index (κ3) is 2.46. The molecule has 23 heavy (non-hydrogen) atoms. The maximum atomic E-state index is 11.9. The van der Waals surface area contributed by atoms with Crippen molar-refractivity contribution in [1.29, 1.82) is 0 Å². The molecule has 2 aromatic rings. The molecular formula is C19H14N2OSe. The van der Waals surface area contributed by atoms with Gasteiger partial charge in [-0.15, -0.1) is 0 Å². The minimum absolute atomic E-state index is 0.0278. The monoisotopic (exact) mass is 366 g/mol. The summed E-state index contributed by atoms with van der Waals surface area (Å²) in [6.45, 7) is 0. The molecule has 0 atom stereocenters. The van der Waals surface area contributed by atoms with Crippen LogP contribution in [0.25, 0.3) is 12.2 Å². The molecular weight excluding hydrogens is 351 g/mol. The number of aromatic nitrogens is 1. The number of rotatable bonds is 1. The van der Waals surface area contributed by atoms with Crippen molar-refractivity contribution in [3.63, 3.8) is 0 Å². The second-order valence-corrected chi connectivity index (χ2v) is 7.58. The van der Waals surface area contributed by atoms with E-state index in [4.69, 9.17) is 0 Å². The maximum absolute atomic E-state index is 11.9. The number of pyridine rings is 1. The average Bonchev–Trinajstić information content (AvgIpc) is 2.90. The zero-order valence-corrected chi connectivity index (χ0v) is 14.3. The number of hydrogen-bond acceptors (Lipinski definition) is 3. The SMILES string of the molecule is CN1/C(=C\C=c2/ccnc3c2=CC=CC3=O)[Se]c2ccccc21. The van der Waals surface area contributed by atoms with Gasteiger partial charge in [-0.25, -0.2) is 0 Å². The van der Waals surface area contributed by atoms with Crippen LogP contribution in [0.15, 0.2) is 59.4 Å². The van der Waals surface area contributed by atoms with Crippen molar-refractivity contribution in [2.45, 2.75) is 0 Å². The number of nitrogens with zero attached hydrogens (tertiary/aromatic N) is 2. The van der Waals surface area contributed by atoms with E-state index in [1.54, 1.807) is 18.3 Å². The van der Waals surface area contributed by atoms with Gasteiger partial charge in [0.1, 0.15) is 0 Å². The Morgan fingerprint density at radius 2 is 2.04 bits per heavy atom. The van der Waals surface area contributed by atoms with Crippen molar-refractivity contribution in [1.82, 2.24) is 4.98 Å². The Morgan fingerprint density at radius 1 is 1.17 bits per heavy atom. The zero-order chi connectivity index (χ0) is 15.8. The summed E-state index contributed by atoms with van der Waals surface area (Å²) in [7, 11) is 2.10. The fraction of sp³-hybridized carbons (Fsp3) is 0.0526. The first-order valence-electron chi connectivity index (χ1n) is 7.34. The summed E-state index contributed by atoms with van der Waals surface area (Å²) in [5.74, 6) is -0.0278. The van der Waals surface area contributed by atoms with Crippen LogP contribution in [0.4, 0.5) is 5.69 Å². The Labute approximate surface area is 140 Å². The number of hydrogen-bond donors (Lipinski definition) is 0. The van der Waals surface area contributed by atoms with Gasteiger partial charge >= 0.3 is 140 Å². The fourth-order valence-corrected chi connectivity index (χ4v) is 4.95. The second-order valence-electron chi connectivity index (χ2n) is 5.35. The third-order valence-electron chi connectivity index (χ3n) is 3.94. The molecule has 0 saturated heterocycles. The average molecular weight is 365 g/mol. The number of anilines is 1. The van der Waals surface area contributed by atoms with Crippen molar-refractivity contribution < 1.29 is 4.79 Å². The number of carbonyl (C=O) groups excluding carboxylic acids is 1. The molecule has 112 valence electrons. The van der Waals surface area contributed by atoms with Crippen LogP contribution in [0.1, 0.15) is 10.5 Å². The summed E-state index contributed by atoms with van der Waals surface area (Å²) < 4.78 is 2.71. The molecule has 0 radical (unpaired) electrons. The molecule has 4 rings (SSSR count). The van der Waals surface area contributed by atoms with E-state index >= 15 is 0 Å². The number of ketones is 1. The standard InChI is InChI=1S/C19H14N2OSe/c1-21-15-6-2-3-8-17(15)23-18(21)10-9-13-11-12-20-19-14(13)5-4-7-16(19)22/h2-12H,1H3/b13-9+,18-10+. The van der Waals surface area contributed by atoms with Crippen molar-refractivity contribution in [2.24, 2.45) is 0 Å². The number of benzene rings is 1. The topological polar surface area (TPSA) is 33.2 Å². The van der Waals surface area contributed by atoms with Gasteiger partial charge in [0.15, 0.2) is 0 Å². The van der Waals surface area contributed by atoms with Gasteiger partial charge in [0.2, 0.25) is 0 Å². The van der Waals surface area contributed by atoms with Crippen molar-refractivity contribution in [3.8, 4) is 0 Å². The quantitative estimate of drug-likeness (QED) is 0.699. The first-order valence-corrected chi connectivity index (χ1v) is 9.06. The molecule has 1 aliphatic heterocycles. The molecule has 0 unspecified atom stereocenters. The van der Waals surface area contributed by atoms with Gasteiger partial charge in [0, 0.05) is 0 Å². The van der Waals surface area contributed by atoms with E-state index in [0.29, 0.717) is 20.7 Å². The van der Waals surface area contributed by atoms with E-state index in [-0.39, 0.29) is 5.78 Å². The predicted molar refractivity (Wildman–Crippen MR) is 94.2 cm³/mol. The molecule has 1 aromatic carbocycles. The molecule has 0 spiro atoms. The number of fused-ring (bicyclic) bond motifs is 2. The Bertz CT molecular complexity index is 989. The van der Waals surface area contributed by atoms with E-state index in [0.717, 1.165) is 10.4 Å². The molecule has 1 aliphatic carbocycles. The molecule has 1 aromatic heterocycles. The number of allylic oxidation sites excluding steroid dienone is 3.